The number of morpholine rings is 1. The molecule has 1 aliphatic rings. The number of amides is 2. The zero-order valence-electron chi connectivity index (χ0n) is 16.5. The van der Waals surface area contributed by atoms with Gasteiger partial charge in [-0.25, -0.2) is 8.78 Å². The Morgan fingerprint density at radius 2 is 1.77 bits per heavy atom. The molecule has 0 atom stereocenters. The van der Waals surface area contributed by atoms with E-state index >= 15 is 0 Å². The third kappa shape index (κ3) is 5.25. The van der Waals surface area contributed by atoms with Crippen LogP contribution in [0, 0.1) is 11.6 Å². The first kappa shape index (κ1) is 22.0. The Morgan fingerprint density at radius 1 is 1.13 bits per heavy atom. The lowest BCUT2D eigenvalue weighted by Crippen LogP contribution is -2.38. The Bertz CT molecular complexity index is 918. The van der Waals surface area contributed by atoms with E-state index in [1.807, 2.05) is 12.1 Å². The summed E-state index contributed by atoms with van der Waals surface area (Å²) in [6, 6.07) is 8.87. The maximum atomic E-state index is 13.5. The largest absolute Gasteiger partial charge is 0.378 e. The fourth-order valence-corrected chi connectivity index (χ4v) is 3.37. The molecular formula is C21H22ClF2N3O3. The summed E-state index contributed by atoms with van der Waals surface area (Å²) in [4.78, 5) is 28.4. The second-order valence-electron chi connectivity index (χ2n) is 6.76. The molecule has 1 aliphatic heterocycles. The fraction of sp³-hybridized carbons (Fsp3) is 0.333. The third-order valence-electron chi connectivity index (χ3n) is 4.77. The molecule has 9 heteroatoms. The number of carbonyl (C=O) groups is 2. The number of nitrogens with one attached hydrogen (secondary N) is 1. The topological polar surface area (TPSA) is 61.9 Å². The Labute approximate surface area is 178 Å². The maximum Gasteiger partial charge on any atom is 0.255 e. The number of rotatable bonds is 6. The van der Waals surface area contributed by atoms with Gasteiger partial charge in [-0.1, -0.05) is 11.6 Å². The minimum absolute atomic E-state index is 0.192. The first-order chi connectivity index (χ1) is 14.4. The van der Waals surface area contributed by atoms with Gasteiger partial charge in [0.15, 0.2) is 11.6 Å². The van der Waals surface area contributed by atoms with Crippen LogP contribution in [0.5, 0.6) is 0 Å². The second kappa shape index (κ2) is 9.86. The fourth-order valence-electron chi connectivity index (χ4n) is 3.14. The lowest BCUT2D eigenvalue weighted by molar-refractivity contribution is -0.116. The number of carbonyl (C=O) groups excluding carboxylic acids is 2. The van der Waals surface area contributed by atoms with Crippen LogP contribution in [-0.2, 0) is 9.53 Å². The van der Waals surface area contributed by atoms with E-state index in [1.165, 1.54) is 4.90 Å². The summed E-state index contributed by atoms with van der Waals surface area (Å²) >= 11 is 5.88. The van der Waals surface area contributed by atoms with Crippen molar-refractivity contribution in [2.45, 2.75) is 6.92 Å². The van der Waals surface area contributed by atoms with Crippen molar-refractivity contribution in [2.75, 3.05) is 49.6 Å². The van der Waals surface area contributed by atoms with Gasteiger partial charge in [-0.3, -0.25) is 9.59 Å². The van der Waals surface area contributed by atoms with Crippen LogP contribution in [0.1, 0.15) is 17.3 Å². The maximum absolute atomic E-state index is 13.5. The molecule has 1 heterocycles. The van der Waals surface area contributed by atoms with Crippen molar-refractivity contribution in [1.82, 2.24) is 4.90 Å². The summed E-state index contributed by atoms with van der Waals surface area (Å²) < 4.78 is 32.1. The molecule has 1 N–H and O–H groups in total. The van der Waals surface area contributed by atoms with E-state index in [1.54, 1.807) is 19.1 Å². The zero-order valence-corrected chi connectivity index (χ0v) is 17.2. The number of halogens is 3. The summed E-state index contributed by atoms with van der Waals surface area (Å²) in [5.41, 5.74) is 1.43. The van der Waals surface area contributed by atoms with Gasteiger partial charge in [0.05, 0.1) is 23.8 Å². The van der Waals surface area contributed by atoms with Gasteiger partial charge in [0.25, 0.3) is 5.91 Å². The van der Waals surface area contributed by atoms with Crippen LogP contribution in [0.4, 0.5) is 20.2 Å². The molecule has 0 aromatic heterocycles. The van der Waals surface area contributed by atoms with Crippen LogP contribution in [0.2, 0.25) is 5.02 Å². The predicted molar refractivity (Wildman–Crippen MR) is 111 cm³/mol. The van der Waals surface area contributed by atoms with E-state index in [4.69, 9.17) is 16.3 Å². The molecule has 0 spiro atoms. The Hall–Kier alpha value is -2.71. The van der Waals surface area contributed by atoms with Gasteiger partial charge >= 0.3 is 0 Å². The summed E-state index contributed by atoms with van der Waals surface area (Å²) in [7, 11) is 0. The quantitative estimate of drug-likeness (QED) is 0.702. The molecule has 0 saturated carbocycles. The van der Waals surface area contributed by atoms with Crippen molar-refractivity contribution < 1.29 is 23.1 Å². The van der Waals surface area contributed by atoms with Gasteiger partial charge in [0.2, 0.25) is 5.91 Å². The smallest absolute Gasteiger partial charge is 0.255 e. The number of benzene rings is 2. The average molecular weight is 438 g/mol. The minimum Gasteiger partial charge on any atom is -0.378 e. The first-order valence-corrected chi connectivity index (χ1v) is 9.93. The minimum atomic E-state index is -1.18. The Kier molecular flexibility index (Phi) is 7.23. The number of nitrogens with zero attached hydrogens (tertiary/aromatic N) is 2. The highest BCUT2D eigenvalue weighted by atomic mass is 35.5. The molecule has 2 aromatic rings. The monoisotopic (exact) mass is 437 g/mol. The highest BCUT2D eigenvalue weighted by molar-refractivity contribution is 6.33. The van der Waals surface area contributed by atoms with Crippen molar-refractivity contribution in [3.63, 3.8) is 0 Å². The lowest BCUT2D eigenvalue weighted by atomic mass is 10.1. The molecule has 160 valence electrons. The predicted octanol–water partition coefficient (Wildman–Crippen LogP) is 3.56. The van der Waals surface area contributed by atoms with E-state index in [9.17, 15) is 18.4 Å². The van der Waals surface area contributed by atoms with Gasteiger partial charge in [-0.2, -0.15) is 0 Å². The molecule has 0 radical (unpaired) electrons. The van der Waals surface area contributed by atoms with Crippen molar-refractivity contribution >= 4 is 34.8 Å². The molecule has 1 fully saturated rings. The summed E-state index contributed by atoms with van der Waals surface area (Å²) in [5, 5.41) is 2.52. The van der Waals surface area contributed by atoms with Crippen LogP contribution >= 0.6 is 11.6 Å². The molecule has 2 aromatic carbocycles. The van der Waals surface area contributed by atoms with Gasteiger partial charge in [0.1, 0.15) is 6.54 Å². The van der Waals surface area contributed by atoms with Crippen LogP contribution < -0.4 is 10.2 Å². The van der Waals surface area contributed by atoms with E-state index in [-0.39, 0.29) is 23.7 Å². The second-order valence-corrected chi connectivity index (χ2v) is 7.17. The molecule has 1 saturated heterocycles. The first-order valence-electron chi connectivity index (χ1n) is 9.55. The van der Waals surface area contributed by atoms with Crippen LogP contribution in [-0.4, -0.2) is 56.1 Å². The average Bonchev–Trinajstić information content (AvgIpc) is 2.75. The molecule has 30 heavy (non-hydrogen) atoms. The highest BCUT2D eigenvalue weighted by Gasteiger charge is 2.22. The molecule has 0 unspecified atom stereocenters. The van der Waals surface area contributed by atoms with Crippen molar-refractivity contribution in [1.29, 1.82) is 0 Å². The standard InChI is InChI=1S/C21H22ClF2N3O3/c1-2-26(21(29)16-11-18(23)19(24)12-17(16)22)13-20(28)25-14-3-5-15(6-4-14)27-7-9-30-10-8-27/h3-6,11-12H,2,7-10,13H2,1H3,(H,25,28). The van der Waals surface area contributed by atoms with Gasteiger partial charge < -0.3 is 19.9 Å². The van der Waals surface area contributed by atoms with E-state index in [0.717, 1.165) is 30.9 Å². The molecule has 6 nitrogen and oxygen atoms in total. The van der Waals surface area contributed by atoms with Crippen LogP contribution in [0.25, 0.3) is 0 Å². The Balaban J connectivity index is 1.62. The van der Waals surface area contributed by atoms with Crippen molar-refractivity contribution in [3.8, 4) is 0 Å². The van der Waals surface area contributed by atoms with Crippen LogP contribution in [0.3, 0.4) is 0 Å². The van der Waals surface area contributed by atoms with Crippen molar-refractivity contribution in [2.24, 2.45) is 0 Å². The van der Waals surface area contributed by atoms with E-state index in [2.05, 4.69) is 10.2 Å². The number of ether oxygens (including phenoxy) is 1. The molecule has 0 aliphatic carbocycles. The van der Waals surface area contributed by atoms with Gasteiger partial charge in [-0.05, 0) is 43.3 Å². The van der Waals surface area contributed by atoms with Crippen LogP contribution in [0.15, 0.2) is 36.4 Å². The Morgan fingerprint density at radius 3 is 2.40 bits per heavy atom. The number of hydrogen-bond acceptors (Lipinski definition) is 4. The van der Waals surface area contributed by atoms with E-state index in [0.29, 0.717) is 18.9 Å². The number of likely N-dealkylation sites (N-methyl/N-ethyl adjacent to an activating group) is 1. The summed E-state index contributed by atoms with van der Waals surface area (Å²) in [6.07, 6.45) is 0. The molecule has 0 bridgehead atoms. The van der Waals surface area contributed by atoms with Gasteiger partial charge in [0, 0.05) is 31.0 Å². The molecule has 3 rings (SSSR count). The lowest BCUT2D eigenvalue weighted by Gasteiger charge is -2.29. The highest BCUT2D eigenvalue weighted by Crippen LogP contribution is 2.22. The summed E-state index contributed by atoms with van der Waals surface area (Å²) in [5.74, 6) is -3.39. The molecule has 2 amide bonds. The zero-order chi connectivity index (χ0) is 21.7. The third-order valence-corrected chi connectivity index (χ3v) is 5.08. The number of hydrogen-bond donors (Lipinski definition) is 1. The van der Waals surface area contributed by atoms with Gasteiger partial charge in [-0.15, -0.1) is 0 Å². The van der Waals surface area contributed by atoms with Crippen molar-refractivity contribution in [3.05, 3.63) is 58.6 Å². The normalized spacial score (nSPS) is 13.8. The number of anilines is 2. The summed E-state index contributed by atoms with van der Waals surface area (Å²) in [6.45, 7) is 4.60. The SMILES string of the molecule is CCN(CC(=O)Nc1ccc(N2CCOCC2)cc1)C(=O)c1cc(F)c(F)cc1Cl. The van der Waals surface area contributed by atoms with E-state index < -0.39 is 23.4 Å². The molecular weight excluding hydrogens is 416 g/mol.